The molecule has 0 saturated carbocycles. The zero-order valence-electron chi connectivity index (χ0n) is 12.0. The Labute approximate surface area is 119 Å². The van der Waals surface area contributed by atoms with Crippen molar-refractivity contribution in [2.24, 2.45) is 0 Å². The largest absolute Gasteiger partial charge is 0.303 e. The minimum atomic E-state index is 0.723. The maximum absolute atomic E-state index is 4.23. The second-order valence-electron chi connectivity index (χ2n) is 4.98. The van der Waals surface area contributed by atoms with Gasteiger partial charge in [-0.3, -0.25) is 0 Å². The van der Waals surface area contributed by atoms with Gasteiger partial charge in [0, 0.05) is 11.8 Å². The van der Waals surface area contributed by atoms with Crippen LogP contribution in [-0.2, 0) is 0 Å². The van der Waals surface area contributed by atoms with E-state index in [1.165, 1.54) is 57.2 Å². The summed E-state index contributed by atoms with van der Waals surface area (Å²) in [6, 6.07) is 0.723. The van der Waals surface area contributed by atoms with Gasteiger partial charge in [0.1, 0.15) is 0 Å². The summed E-state index contributed by atoms with van der Waals surface area (Å²) >= 11 is 6.18. The Balaban J connectivity index is 3.21. The Morgan fingerprint density at radius 2 is 1.53 bits per heavy atom. The van der Waals surface area contributed by atoms with Crippen molar-refractivity contribution in [3.05, 3.63) is 0 Å². The first kappa shape index (κ1) is 17.7. The minimum absolute atomic E-state index is 0.723. The van der Waals surface area contributed by atoms with E-state index in [0.29, 0.717) is 0 Å². The third kappa shape index (κ3) is 11.5. The summed E-state index contributed by atoms with van der Waals surface area (Å²) in [5, 5.41) is 0. The van der Waals surface area contributed by atoms with Gasteiger partial charge in [-0.15, -0.1) is 0 Å². The van der Waals surface area contributed by atoms with Gasteiger partial charge >= 0.3 is 0 Å². The van der Waals surface area contributed by atoms with E-state index in [0.717, 1.165) is 11.8 Å². The number of rotatable bonds is 12. The van der Waals surface area contributed by atoms with Crippen LogP contribution in [0.15, 0.2) is 0 Å². The quantitative estimate of drug-likeness (QED) is 0.418. The van der Waals surface area contributed by atoms with Gasteiger partial charge in [-0.2, -0.15) is 24.4 Å². The maximum atomic E-state index is 4.23. The third-order valence-electron chi connectivity index (χ3n) is 3.33. The second-order valence-corrected chi connectivity index (χ2v) is 6.34. The number of thioether (sulfide) groups is 1. The van der Waals surface area contributed by atoms with E-state index in [1.807, 2.05) is 11.8 Å². The molecule has 0 amide bonds. The monoisotopic (exact) mass is 277 g/mol. The topological polar surface area (TPSA) is 3.24 Å². The van der Waals surface area contributed by atoms with Crippen LogP contribution in [-0.4, -0.2) is 42.3 Å². The Bertz CT molecular complexity index is 153. The van der Waals surface area contributed by atoms with Crippen molar-refractivity contribution in [2.45, 2.75) is 57.9 Å². The summed E-state index contributed by atoms with van der Waals surface area (Å²) in [6.45, 7) is 3.59. The van der Waals surface area contributed by atoms with Crippen LogP contribution in [0.4, 0.5) is 0 Å². The van der Waals surface area contributed by atoms with Crippen LogP contribution in [0.3, 0.4) is 0 Å². The highest BCUT2D eigenvalue weighted by atomic mass is 32.2. The summed E-state index contributed by atoms with van der Waals surface area (Å²) < 4.78 is 0. The van der Waals surface area contributed by atoms with E-state index < -0.39 is 0 Å². The van der Waals surface area contributed by atoms with E-state index in [4.69, 9.17) is 0 Å². The summed E-state index contributed by atoms with van der Waals surface area (Å²) in [4.78, 5) is 2.50. The van der Waals surface area contributed by atoms with Crippen LogP contribution < -0.4 is 0 Å². The van der Waals surface area contributed by atoms with Crippen LogP contribution in [0.5, 0.6) is 0 Å². The number of hydrogen-bond acceptors (Lipinski definition) is 3. The molecule has 1 atom stereocenters. The third-order valence-corrected chi connectivity index (χ3v) is 4.46. The number of nitrogens with zero attached hydrogens (tertiary/aromatic N) is 1. The molecule has 0 aromatic rings. The molecule has 0 bridgehead atoms. The minimum Gasteiger partial charge on any atom is -0.303 e. The molecule has 0 aromatic heterocycles. The highest BCUT2D eigenvalue weighted by molar-refractivity contribution is 7.98. The van der Waals surface area contributed by atoms with Gasteiger partial charge in [0.25, 0.3) is 0 Å². The molecule has 0 saturated heterocycles. The van der Waals surface area contributed by atoms with Crippen LogP contribution in [0.1, 0.15) is 51.9 Å². The molecule has 0 radical (unpaired) electrons. The van der Waals surface area contributed by atoms with E-state index in [-0.39, 0.29) is 0 Å². The van der Waals surface area contributed by atoms with Crippen molar-refractivity contribution >= 4 is 24.4 Å². The highest BCUT2D eigenvalue weighted by Crippen LogP contribution is 2.09. The van der Waals surface area contributed by atoms with E-state index in [1.54, 1.807) is 0 Å². The van der Waals surface area contributed by atoms with Gasteiger partial charge < -0.3 is 4.90 Å². The first-order valence-electron chi connectivity index (χ1n) is 7.02. The molecular weight excluding hydrogens is 246 g/mol. The number of hydrogen-bond donors (Lipinski definition) is 1. The van der Waals surface area contributed by atoms with Crippen LogP contribution >= 0.6 is 24.4 Å². The Hall–Kier alpha value is 0.660. The molecule has 0 aliphatic rings. The Morgan fingerprint density at radius 3 is 2.06 bits per heavy atom. The van der Waals surface area contributed by atoms with Crippen molar-refractivity contribution in [2.75, 3.05) is 31.4 Å². The maximum Gasteiger partial charge on any atom is 0.0154 e. The van der Waals surface area contributed by atoms with Crippen LogP contribution in [0.25, 0.3) is 0 Å². The molecule has 0 aliphatic heterocycles. The lowest BCUT2D eigenvalue weighted by Gasteiger charge is -2.23. The molecule has 3 heteroatoms. The smallest absolute Gasteiger partial charge is 0.0154 e. The molecule has 1 unspecified atom stereocenters. The molecule has 0 spiro atoms. The van der Waals surface area contributed by atoms with Crippen molar-refractivity contribution in [3.63, 3.8) is 0 Å². The summed E-state index contributed by atoms with van der Waals surface area (Å²) in [6.07, 6.45) is 11.8. The molecule has 0 aromatic carbocycles. The molecule has 1 nitrogen and oxygen atoms in total. The fourth-order valence-corrected chi connectivity index (χ4v) is 2.91. The average Bonchev–Trinajstić information content (AvgIpc) is 2.32. The lowest BCUT2D eigenvalue weighted by Crippen LogP contribution is -2.31. The van der Waals surface area contributed by atoms with Gasteiger partial charge in [-0.05, 0) is 45.4 Å². The predicted molar refractivity (Wildman–Crippen MR) is 86.6 cm³/mol. The zero-order valence-corrected chi connectivity index (χ0v) is 13.7. The normalized spacial score (nSPS) is 13.2. The van der Waals surface area contributed by atoms with Crippen LogP contribution in [0, 0.1) is 0 Å². The lowest BCUT2D eigenvalue weighted by molar-refractivity contribution is 0.271. The average molecular weight is 278 g/mol. The molecule has 0 fully saturated rings. The lowest BCUT2D eigenvalue weighted by atomic mass is 10.1. The number of unbranched alkanes of at least 4 members (excludes halogenated alkanes) is 6. The molecular formula is C14H31NS2. The van der Waals surface area contributed by atoms with Gasteiger partial charge in [-0.1, -0.05) is 32.1 Å². The SMILES string of the molecule is CSCC(C)N(C)CCCCCCCCCS. The zero-order chi connectivity index (χ0) is 12.9. The summed E-state index contributed by atoms with van der Waals surface area (Å²) in [5.41, 5.74) is 0. The standard InChI is InChI=1S/C14H31NS2/c1-14(13-17-3)15(2)11-9-7-5-4-6-8-10-12-16/h14,16H,4-13H2,1-3H3. The molecule has 0 rings (SSSR count). The Morgan fingerprint density at radius 1 is 1.00 bits per heavy atom. The molecule has 104 valence electrons. The van der Waals surface area contributed by atoms with Gasteiger partial charge in [-0.25, -0.2) is 0 Å². The Kier molecular flexibility index (Phi) is 13.6. The predicted octanol–water partition coefficient (Wildman–Crippen LogP) is 4.33. The van der Waals surface area contributed by atoms with Crippen molar-refractivity contribution < 1.29 is 0 Å². The van der Waals surface area contributed by atoms with Gasteiger partial charge in [0.05, 0.1) is 0 Å². The van der Waals surface area contributed by atoms with Crippen LogP contribution in [0.2, 0.25) is 0 Å². The fraction of sp³-hybridized carbons (Fsp3) is 1.00. The van der Waals surface area contributed by atoms with Gasteiger partial charge in [0.15, 0.2) is 0 Å². The summed E-state index contributed by atoms with van der Waals surface area (Å²) in [7, 11) is 2.26. The van der Waals surface area contributed by atoms with Gasteiger partial charge in [0.2, 0.25) is 0 Å². The van der Waals surface area contributed by atoms with Crippen molar-refractivity contribution in [1.82, 2.24) is 4.90 Å². The van der Waals surface area contributed by atoms with E-state index in [9.17, 15) is 0 Å². The molecule has 0 aliphatic carbocycles. The molecule has 0 heterocycles. The first-order chi connectivity index (χ1) is 8.22. The first-order valence-corrected chi connectivity index (χ1v) is 9.05. The van der Waals surface area contributed by atoms with E-state index >= 15 is 0 Å². The summed E-state index contributed by atoms with van der Waals surface area (Å²) in [5.74, 6) is 2.30. The number of thiol groups is 1. The second kappa shape index (κ2) is 13.1. The molecule has 0 N–H and O–H groups in total. The fourth-order valence-electron chi connectivity index (χ4n) is 1.95. The van der Waals surface area contributed by atoms with Crippen molar-refractivity contribution in [1.29, 1.82) is 0 Å². The van der Waals surface area contributed by atoms with Crippen molar-refractivity contribution in [3.8, 4) is 0 Å². The molecule has 17 heavy (non-hydrogen) atoms. The van der Waals surface area contributed by atoms with E-state index in [2.05, 4.69) is 37.8 Å². The highest BCUT2D eigenvalue weighted by Gasteiger charge is 2.06.